The van der Waals surface area contributed by atoms with Gasteiger partial charge in [-0.1, -0.05) is 0 Å². The molecule has 0 saturated carbocycles. The summed E-state index contributed by atoms with van der Waals surface area (Å²) >= 11 is -3.18. The molecule has 8 heteroatoms. The van der Waals surface area contributed by atoms with E-state index in [1.807, 2.05) is 19.9 Å². The summed E-state index contributed by atoms with van der Waals surface area (Å²) < 4.78 is 3.78. The maximum atomic E-state index is 2.97. The topological polar surface area (TPSA) is 0 Å². The minimum absolute atomic E-state index is 0.507. The molecule has 0 aliphatic carbocycles. The average Bonchev–Trinajstić information content (AvgIpc) is 2.86. The van der Waals surface area contributed by atoms with Crippen LogP contribution in [-0.2, 0) is 0 Å². The molecular weight excluding hydrogens is 802 g/mol. The van der Waals surface area contributed by atoms with Gasteiger partial charge in [0.1, 0.15) is 0 Å². The second-order valence-corrected chi connectivity index (χ2v) is 71.6. The molecule has 0 aliphatic heterocycles. The zero-order chi connectivity index (χ0) is 41.1. The van der Waals surface area contributed by atoms with Crippen molar-refractivity contribution in [3.05, 3.63) is 57.6 Å². The minimum atomic E-state index is -3.18. The first-order valence-corrected chi connectivity index (χ1v) is 50.3. The van der Waals surface area contributed by atoms with Gasteiger partial charge in [0.25, 0.3) is 0 Å². The summed E-state index contributed by atoms with van der Waals surface area (Å²) in [5, 5.41) is 2.19. The third-order valence-corrected chi connectivity index (χ3v) is 54.3. The Labute approximate surface area is 339 Å². The predicted molar refractivity (Wildman–Crippen MR) is 268 cm³/mol. The predicted octanol–water partition coefficient (Wildman–Crippen LogP) is 14.6. The summed E-state index contributed by atoms with van der Waals surface area (Å²) in [7, 11) is -7.35. The molecule has 0 heterocycles. The molecule has 2 rings (SSSR count). The first-order chi connectivity index (χ1) is 22.9. The molecule has 0 amide bonds. The van der Waals surface area contributed by atoms with E-state index in [0.29, 0.717) is 17.8 Å². The van der Waals surface area contributed by atoms with Crippen molar-refractivity contribution in [2.75, 3.05) is 6.26 Å². The van der Waals surface area contributed by atoms with E-state index in [9.17, 15) is 0 Å². The molecule has 52 heavy (non-hydrogen) atoms. The third kappa shape index (κ3) is 10.8. The van der Waals surface area contributed by atoms with Crippen LogP contribution in [0.25, 0.3) is 0 Å². The molecule has 0 aromatic heterocycles. The van der Waals surface area contributed by atoms with Crippen molar-refractivity contribution in [1.82, 2.24) is 0 Å². The van der Waals surface area contributed by atoms with E-state index in [0.717, 1.165) is 15.5 Å². The van der Waals surface area contributed by atoms with Gasteiger partial charge in [-0.3, -0.25) is 0 Å². The SMILES string of the molecule is C[S][Ge]([CH3])([c]1c(C(C)C)cc(C(C)C)cc1C(C)C)[c]1c(C([Si](C)(C)C)[Si](C)(C)C)cc(C([Si](C)(C)C)[Si](C)(C)C)cc1C([Si](C)(C)C)[Si](C)(C)C. The summed E-state index contributed by atoms with van der Waals surface area (Å²) in [5.74, 6) is 4.44. The Morgan fingerprint density at radius 3 is 0.846 bits per heavy atom. The van der Waals surface area contributed by atoms with E-state index in [1.165, 1.54) is 5.56 Å². The van der Waals surface area contributed by atoms with Gasteiger partial charge in [-0.25, -0.2) is 0 Å². The van der Waals surface area contributed by atoms with E-state index in [1.54, 1.807) is 16.7 Å². The Morgan fingerprint density at radius 1 is 0.385 bits per heavy atom. The van der Waals surface area contributed by atoms with Crippen LogP contribution in [0.4, 0.5) is 0 Å². The monoisotopic (exact) mass is 890 g/mol. The number of benzene rings is 2. The second-order valence-electron chi connectivity index (χ2n) is 24.3. The van der Waals surface area contributed by atoms with Crippen molar-refractivity contribution in [1.29, 1.82) is 0 Å². The van der Waals surface area contributed by atoms with Crippen molar-refractivity contribution in [3.8, 4) is 0 Å². The number of hydrogen-bond acceptors (Lipinski definition) is 1. The molecule has 1 unspecified atom stereocenters. The van der Waals surface area contributed by atoms with E-state index in [4.69, 9.17) is 0 Å². The van der Waals surface area contributed by atoms with E-state index < -0.39 is 60.6 Å². The van der Waals surface area contributed by atoms with Gasteiger partial charge in [-0.15, -0.1) is 0 Å². The molecule has 0 N–H and O–H groups in total. The van der Waals surface area contributed by atoms with Crippen LogP contribution >= 0.6 is 10.1 Å². The third-order valence-electron chi connectivity index (χ3n) is 11.9. The van der Waals surface area contributed by atoms with Crippen LogP contribution in [0.2, 0.25) is 124 Å². The Balaban J connectivity index is 3.74. The fourth-order valence-electron chi connectivity index (χ4n) is 11.5. The van der Waals surface area contributed by atoms with Crippen LogP contribution in [0.5, 0.6) is 0 Å². The summed E-state index contributed by atoms with van der Waals surface area (Å²) in [5.41, 5.74) is 10.4. The molecule has 0 aliphatic rings. The molecule has 2 aromatic carbocycles. The van der Waals surface area contributed by atoms with Crippen molar-refractivity contribution in [2.24, 2.45) is 0 Å². The van der Waals surface area contributed by atoms with Crippen molar-refractivity contribution >= 4 is 79.4 Å². The second kappa shape index (κ2) is 16.5. The zero-order valence-corrected chi connectivity index (χ0v) is 48.6. The molecule has 0 radical (unpaired) electrons. The maximum absolute atomic E-state index is 3.18. The van der Waals surface area contributed by atoms with Crippen LogP contribution in [0.3, 0.4) is 0 Å². The molecular formula is C44H88GeSSi6. The van der Waals surface area contributed by atoms with Gasteiger partial charge in [-0.05, 0) is 0 Å². The van der Waals surface area contributed by atoms with Crippen LogP contribution in [0.1, 0.15) is 108 Å². The van der Waals surface area contributed by atoms with Gasteiger partial charge in [-0.2, -0.15) is 0 Å². The van der Waals surface area contributed by atoms with E-state index >= 15 is 0 Å². The molecule has 2 aromatic rings. The van der Waals surface area contributed by atoms with Gasteiger partial charge in [0.05, 0.1) is 0 Å². The molecule has 0 nitrogen and oxygen atoms in total. The van der Waals surface area contributed by atoms with Crippen molar-refractivity contribution < 1.29 is 0 Å². The molecule has 1 atom stereocenters. The summed E-state index contributed by atoms with van der Waals surface area (Å²) in [4.78, 5) is 0. The van der Waals surface area contributed by atoms with Gasteiger partial charge in [0, 0.05) is 0 Å². The fourth-order valence-corrected chi connectivity index (χ4v) is 63.8. The fraction of sp³-hybridized carbons (Fsp3) is 0.727. The van der Waals surface area contributed by atoms with Crippen LogP contribution < -0.4 is 8.79 Å². The number of rotatable bonds is 15. The average molecular weight is 890 g/mol. The van der Waals surface area contributed by atoms with Crippen molar-refractivity contribution in [2.45, 2.75) is 198 Å². The normalized spacial score (nSPS) is 15.6. The quantitative estimate of drug-likeness (QED) is 0.161. The van der Waals surface area contributed by atoms with Crippen LogP contribution in [0.15, 0.2) is 24.3 Å². The Hall–Kier alpha value is 0.634. The van der Waals surface area contributed by atoms with Crippen LogP contribution in [0, 0.1) is 0 Å². The van der Waals surface area contributed by atoms with Gasteiger partial charge < -0.3 is 0 Å². The summed E-state index contributed by atoms with van der Waals surface area (Å²) in [6.45, 7) is 63.7. The van der Waals surface area contributed by atoms with E-state index in [2.05, 4.69) is 206 Å². The molecule has 0 saturated heterocycles. The summed E-state index contributed by atoms with van der Waals surface area (Å²) in [6, 6.07) is 11.3. The first kappa shape index (κ1) is 48.8. The zero-order valence-electron chi connectivity index (χ0n) is 39.7. The molecule has 0 fully saturated rings. The Kier molecular flexibility index (Phi) is 15.5. The van der Waals surface area contributed by atoms with Crippen molar-refractivity contribution in [3.63, 3.8) is 0 Å². The Bertz CT molecular complexity index is 1410. The standard InChI is InChI=1S/C44H88GeSSi6/c1-31(2)34-27-36(32(3)4)40(37(28-34)33(5)6)45(7,46-8)41-38(43(49(15,16)17)50(18,19)20)29-35(42(47(9,10)11)48(12,13)14)30-39(41)44(51(21,22)23)52(24,25)26/h27-33,42-44H,1-26H3. The van der Waals surface area contributed by atoms with Gasteiger partial charge in [0.2, 0.25) is 0 Å². The van der Waals surface area contributed by atoms with Gasteiger partial charge in [0.15, 0.2) is 0 Å². The molecule has 0 bridgehead atoms. The first-order valence-electron chi connectivity index (χ1n) is 20.8. The molecule has 0 spiro atoms. The van der Waals surface area contributed by atoms with Crippen LogP contribution in [-0.4, -0.2) is 66.8 Å². The number of hydrogen-bond donors (Lipinski definition) is 0. The summed E-state index contributed by atoms with van der Waals surface area (Å²) in [6.07, 6.45) is 2.55. The van der Waals surface area contributed by atoms with Gasteiger partial charge >= 0.3 is 342 Å². The molecule has 298 valence electrons. The van der Waals surface area contributed by atoms with E-state index in [-0.39, 0.29) is 0 Å². The Morgan fingerprint density at radius 2 is 0.635 bits per heavy atom.